The second-order valence-electron chi connectivity index (χ2n) is 7.48. The van der Waals surface area contributed by atoms with E-state index in [0.717, 1.165) is 35.8 Å². The number of rotatable bonds is 4. The lowest BCUT2D eigenvalue weighted by atomic mass is 10.0. The zero-order valence-electron chi connectivity index (χ0n) is 15.4. The summed E-state index contributed by atoms with van der Waals surface area (Å²) in [7, 11) is 0. The van der Waals surface area contributed by atoms with Crippen LogP contribution in [0.1, 0.15) is 36.0 Å². The van der Waals surface area contributed by atoms with Crippen LogP contribution in [0.25, 0.3) is 11.0 Å². The number of anilines is 1. The van der Waals surface area contributed by atoms with Crippen LogP contribution in [-0.2, 0) is 28.9 Å². The van der Waals surface area contributed by atoms with Crippen LogP contribution in [0, 0.1) is 0 Å². The number of thiazole rings is 1. The molecule has 2 amide bonds. The number of amides is 2. The molecule has 3 heterocycles. The van der Waals surface area contributed by atoms with Crippen molar-refractivity contribution in [3.8, 4) is 0 Å². The molecule has 6 nitrogen and oxygen atoms in total. The molecule has 1 fully saturated rings. The Kier molecular flexibility index (Phi) is 4.39. The highest BCUT2D eigenvalue weighted by atomic mass is 32.1. The fourth-order valence-electron chi connectivity index (χ4n) is 4.36. The first kappa shape index (κ1) is 17.4. The van der Waals surface area contributed by atoms with E-state index in [-0.39, 0.29) is 18.2 Å². The SMILES string of the molecule is O=C(Nc1nccs1)C1CCCN1C(=O)Cc1coc2cc3c(cc12)CCC3. The highest BCUT2D eigenvalue weighted by Crippen LogP contribution is 2.31. The molecule has 1 N–H and O–H groups in total. The predicted molar refractivity (Wildman–Crippen MR) is 107 cm³/mol. The third-order valence-corrected chi connectivity index (χ3v) is 6.44. The Hall–Kier alpha value is -2.67. The molecule has 3 aromatic rings. The van der Waals surface area contributed by atoms with Crippen molar-refractivity contribution in [3.05, 3.63) is 46.7 Å². The van der Waals surface area contributed by atoms with Gasteiger partial charge in [-0.1, -0.05) is 0 Å². The normalized spacial score (nSPS) is 18.6. The molecule has 1 aliphatic carbocycles. The number of hydrogen-bond donors (Lipinski definition) is 1. The number of aryl methyl sites for hydroxylation is 2. The van der Waals surface area contributed by atoms with E-state index in [0.29, 0.717) is 18.1 Å². The molecule has 28 heavy (non-hydrogen) atoms. The second kappa shape index (κ2) is 7.05. The number of benzene rings is 1. The molecule has 0 spiro atoms. The van der Waals surface area contributed by atoms with Crippen LogP contribution in [0.15, 0.2) is 34.4 Å². The Morgan fingerprint density at radius 1 is 1.25 bits per heavy atom. The first-order valence-corrected chi connectivity index (χ1v) is 10.6. The van der Waals surface area contributed by atoms with Gasteiger partial charge >= 0.3 is 0 Å². The van der Waals surface area contributed by atoms with Crippen molar-refractivity contribution in [1.82, 2.24) is 9.88 Å². The molecule has 1 saturated heterocycles. The molecule has 2 aliphatic rings. The van der Waals surface area contributed by atoms with Gasteiger partial charge < -0.3 is 14.6 Å². The second-order valence-corrected chi connectivity index (χ2v) is 8.37. The minimum absolute atomic E-state index is 0.0278. The first-order chi connectivity index (χ1) is 13.7. The van der Waals surface area contributed by atoms with Crippen LogP contribution in [0.5, 0.6) is 0 Å². The number of likely N-dealkylation sites (tertiary alicyclic amines) is 1. The van der Waals surface area contributed by atoms with E-state index in [1.54, 1.807) is 17.4 Å². The van der Waals surface area contributed by atoms with Crippen LogP contribution in [0.2, 0.25) is 0 Å². The van der Waals surface area contributed by atoms with Crippen molar-refractivity contribution in [3.63, 3.8) is 0 Å². The van der Waals surface area contributed by atoms with Crippen molar-refractivity contribution in [2.24, 2.45) is 0 Å². The molecule has 1 aromatic carbocycles. The Balaban J connectivity index is 1.33. The van der Waals surface area contributed by atoms with Gasteiger partial charge in [-0.15, -0.1) is 11.3 Å². The van der Waals surface area contributed by atoms with Crippen LogP contribution >= 0.6 is 11.3 Å². The van der Waals surface area contributed by atoms with E-state index in [1.165, 1.54) is 28.9 Å². The van der Waals surface area contributed by atoms with E-state index >= 15 is 0 Å². The van der Waals surface area contributed by atoms with Gasteiger partial charge in [-0.05, 0) is 55.4 Å². The van der Waals surface area contributed by atoms with Gasteiger partial charge in [-0.25, -0.2) is 4.98 Å². The number of fused-ring (bicyclic) bond motifs is 2. The van der Waals surface area contributed by atoms with Gasteiger partial charge in [0.2, 0.25) is 11.8 Å². The van der Waals surface area contributed by atoms with Crippen LogP contribution in [0.4, 0.5) is 5.13 Å². The standard InChI is InChI=1S/C21H21N3O3S/c25-19(24-7-2-5-17(24)20(26)23-21-22-6-8-28-21)11-15-12-27-18-10-14-4-1-3-13(14)9-16(15)18/h6,8-10,12,17H,1-5,7,11H2,(H,22,23,26). The summed E-state index contributed by atoms with van der Waals surface area (Å²) < 4.78 is 5.73. The maximum Gasteiger partial charge on any atom is 0.248 e. The summed E-state index contributed by atoms with van der Waals surface area (Å²) >= 11 is 1.38. The van der Waals surface area contributed by atoms with Gasteiger partial charge in [0, 0.05) is 29.1 Å². The van der Waals surface area contributed by atoms with Crippen molar-refractivity contribution in [2.45, 2.75) is 44.6 Å². The van der Waals surface area contributed by atoms with Gasteiger partial charge in [-0.2, -0.15) is 0 Å². The predicted octanol–water partition coefficient (Wildman–Crippen LogP) is 3.55. The zero-order valence-corrected chi connectivity index (χ0v) is 16.3. The monoisotopic (exact) mass is 395 g/mol. The lowest BCUT2D eigenvalue weighted by Crippen LogP contribution is -2.43. The van der Waals surface area contributed by atoms with Crippen molar-refractivity contribution in [1.29, 1.82) is 0 Å². The third-order valence-electron chi connectivity index (χ3n) is 5.75. The van der Waals surface area contributed by atoms with Crippen molar-refractivity contribution < 1.29 is 14.0 Å². The Morgan fingerprint density at radius 3 is 2.93 bits per heavy atom. The summed E-state index contributed by atoms with van der Waals surface area (Å²) in [5.74, 6) is -0.185. The third kappa shape index (κ3) is 3.09. The maximum atomic E-state index is 13.0. The molecule has 0 bridgehead atoms. The van der Waals surface area contributed by atoms with Crippen LogP contribution < -0.4 is 5.32 Å². The molecule has 0 saturated carbocycles. The average Bonchev–Trinajstić information content (AvgIpc) is 3.47. The quantitative estimate of drug-likeness (QED) is 0.733. The maximum absolute atomic E-state index is 13.0. The van der Waals surface area contributed by atoms with Gasteiger partial charge in [0.25, 0.3) is 0 Å². The number of aromatic nitrogens is 1. The smallest absolute Gasteiger partial charge is 0.248 e. The minimum Gasteiger partial charge on any atom is -0.464 e. The number of carbonyl (C=O) groups excluding carboxylic acids is 2. The van der Waals surface area contributed by atoms with Crippen molar-refractivity contribution in [2.75, 3.05) is 11.9 Å². The van der Waals surface area contributed by atoms with Crippen LogP contribution in [-0.4, -0.2) is 34.3 Å². The van der Waals surface area contributed by atoms with E-state index in [9.17, 15) is 9.59 Å². The Bertz CT molecular complexity index is 1040. The number of nitrogens with zero attached hydrogens (tertiary/aromatic N) is 2. The lowest BCUT2D eigenvalue weighted by molar-refractivity contribution is -0.136. The number of furan rings is 1. The molecular weight excluding hydrogens is 374 g/mol. The molecule has 7 heteroatoms. The molecule has 0 radical (unpaired) electrons. The highest BCUT2D eigenvalue weighted by Gasteiger charge is 2.34. The van der Waals surface area contributed by atoms with E-state index in [4.69, 9.17) is 4.42 Å². The van der Waals surface area contributed by atoms with E-state index in [2.05, 4.69) is 22.4 Å². The Morgan fingerprint density at radius 2 is 2.11 bits per heavy atom. The average molecular weight is 395 g/mol. The summed E-state index contributed by atoms with van der Waals surface area (Å²) in [6.07, 6.45) is 8.49. The summed E-state index contributed by atoms with van der Waals surface area (Å²) in [6, 6.07) is 3.87. The van der Waals surface area contributed by atoms with Crippen molar-refractivity contribution >= 4 is 39.3 Å². The fraction of sp³-hybridized carbons (Fsp3) is 0.381. The summed E-state index contributed by atoms with van der Waals surface area (Å²) in [4.78, 5) is 31.4. The number of carbonyl (C=O) groups is 2. The topological polar surface area (TPSA) is 75.4 Å². The van der Waals surface area contributed by atoms with Gasteiger partial charge in [0.05, 0.1) is 12.7 Å². The van der Waals surface area contributed by atoms with Gasteiger partial charge in [0.1, 0.15) is 11.6 Å². The number of hydrogen-bond acceptors (Lipinski definition) is 5. The number of nitrogens with one attached hydrogen (secondary N) is 1. The van der Waals surface area contributed by atoms with Gasteiger partial charge in [0.15, 0.2) is 5.13 Å². The molecule has 5 rings (SSSR count). The van der Waals surface area contributed by atoms with Gasteiger partial charge in [-0.3, -0.25) is 9.59 Å². The van der Waals surface area contributed by atoms with Crippen LogP contribution in [0.3, 0.4) is 0 Å². The molecule has 144 valence electrons. The lowest BCUT2D eigenvalue weighted by Gasteiger charge is -2.23. The Labute approximate surface area is 166 Å². The summed E-state index contributed by atoms with van der Waals surface area (Å²) in [5, 5.41) is 6.23. The summed E-state index contributed by atoms with van der Waals surface area (Å²) in [5.41, 5.74) is 4.48. The molecular formula is C21H21N3O3S. The molecule has 2 aromatic heterocycles. The zero-order chi connectivity index (χ0) is 19.1. The summed E-state index contributed by atoms with van der Waals surface area (Å²) in [6.45, 7) is 0.611. The van der Waals surface area contributed by atoms with E-state index < -0.39 is 6.04 Å². The molecule has 1 atom stereocenters. The molecule has 1 unspecified atom stereocenters. The fourth-order valence-corrected chi connectivity index (χ4v) is 4.89. The highest BCUT2D eigenvalue weighted by molar-refractivity contribution is 7.13. The molecule has 1 aliphatic heterocycles. The van der Waals surface area contributed by atoms with E-state index in [1.807, 2.05) is 5.38 Å². The first-order valence-electron chi connectivity index (χ1n) is 9.71. The minimum atomic E-state index is -0.432. The largest absolute Gasteiger partial charge is 0.464 e.